The molecule has 2 bridgehead atoms. The minimum atomic E-state index is -4.07. The number of sulfonamides is 1. The molecule has 11 nitrogen and oxygen atoms in total. The van der Waals surface area contributed by atoms with Gasteiger partial charge >= 0.3 is 7.12 Å². The van der Waals surface area contributed by atoms with E-state index in [0.29, 0.717) is 49.8 Å². The number of carbonyl (C=O) groups excluding carboxylic acids is 3. The van der Waals surface area contributed by atoms with Crippen molar-refractivity contribution in [2.45, 2.75) is 117 Å². The largest absolute Gasteiger partial charge is 0.481 e. The standard InChI is InChI=1S/C36H57BN4O7S/c1-8-9-10-24-11-13-25(14-12-24)32(42)39-28(22-41(49(7,45)46)34(44)26-15-17-38-18-16-26)33(43)40-31(19-23(2)3)37-47-30-21-27-20-29(35(27,4)5)36(30,6)48-37/h11-14,23,26-31,38H,8-10,15-22H2,1-7H3,(H,39,42)(H,40,43)/t27-,28-,29-,30+,31-,36-/m0/s1. The van der Waals surface area contributed by atoms with Gasteiger partial charge in [-0.2, -0.15) is 0 Å². The van der Waals surface area contributed by atoms with Crippen LogP contribution in [-0.4, -0.2) is 87.1 Å². The molecular weight excluding hydrogens is 643 g/mol. The third kappa shape index (κ3) is 8.20. The van der Waals surface area contributed by atoms with E-state index >= 15 is 0 Å². The van der Waals surface area contributed by atoms with E-state index in [0.717, 1.165) is 48.2 Å². The number of carbonyl (C=O) groups is 3. The fourth-order valence-electron chi connectivity index (χ4n) is 8.57. The van der Waals surface area contributed by atoms with E-state index in [-0.39, 0.29) is 17.4 Å². The zero-order valence-corrected chi connectivity index (χ0v) is 31.2. The van der Waals surface area contributed by atoms with Gasteiger partial charge in [0.05, 0.1) is 30.4 Å². The van der Waals surface area contributed by atoms with Crippen LogP contribution < -0.4 is 16.0 Å². The summed E-state index contributed by atoms with van der Waals surface area (Å²) in [6, 6.07) is 5.85. The highest BCUT2D eigenvalue weighted by Gasteiger charge is 2.68. The van der Waals surface area contributed by atoms with Crippen LogP contribution in [0.5, 0.6) is 0 Å². The van der Waals surface area contributed by atoms with Crippen molar-refractivity contribution in [3.05, 3.63) is 35.4 Å². The first-order valence-corrected chi connectivity index (χ1v) is 20.1. The third-order valence-electron chi connectivity index (χ3n) is 11.7. The van der Waals surface area contributed by atoms with Crippen molar-refractivity contribution in [3.8, 4) is 0 Å². The van der Waals surface area contributed by atoms with E-state index in [9.17, 15) is 22.8 Å². The van der Waals surface area contributed by atoms with Crippen LogP contribution in [0.3, 0.4) is 0 Å². The smallest absolute Gasteiger partial charge is 0.404 e. The summed E-state index contributed by atoms with van der Waals surface area (Å²) in [4.78, 5) is 41.6. The van der Waals surface area contributed by atoms with Crippen molar-refractivity contribution in [2.24, 2.45) is 29.1 Å². The molecule has 5 fully saturated rings. The number of rotatable bonds is 14. The molecule has 0 aromatic heterocycles. The van der Waals surface area contributed by atoms with Crippen molar-refractivity contribution in [1.82, 2.24) is 20.3 Å². The fourth-order valence-corrected chi connectivity index (χ4v) is 9.46. The molecule has 3 amide bonds. The second-order valence-electron chi connectivity index (χ2n) is 16.1. The SMILES string of the molecule is CCCCc1ccc(C(=O)N[C@@H](CN(C(=O)C2CCNCC2)S(C)(=O)=O)C(=O)N[C@@H](CC(C)C)B2O[C@@H]3C[C@@H]4C[C@@H](C4(C)C)[C@]3(C)O2)cc1. The number of benzene rings is 1. The van der Waals surface area contributed by atoms with Gasteiger partial charge < -0.3 is 25.3 Å². The van der Waals surface area contributed by atoms with Crippen molar-refractivity contribution in [3.63, 3.8) is 0 Å². The summed E-state index contributed by atoms with van der Waals surface area (Å²) >= 11 is 0. The predicted molar refractivity (Wildman–Crippen MR) is 190 cm³/mol. The van der Waals surface area contributed by atoms with Gasteiger partial charge in [0.15, 0.2) is 0 Å². The molecule has 2 aliphatic heterocycles. The predicted octanol–water partition coefficient (Wildman–Crippen LogP) is 3.71. The van der Waals surface area contributed by atoms with E-state index in [4.69, 9.17) is 9.31 Å². The van der Waals surface area contributed by atoms with Crippen molar-refractivity contribution in [1.29, 1.82) is 0 Å². The van der Waals surface area contributed by atoms with Crippen LogP contribution in [0.4, 0.5) is 0 Å². The lowest BCUT2D eigenvalue weighted by molar-refractivity contribution is -0.199. The van der Waals surface area contributed by atoms with E-state index in [1.165, 1.54) is 0 Å². The van der Waals surface area contributed by atoms with Gasteiger partial charge in [-0.1, -0.05) is 53.2 Å². The highest BCUT2D eigenvalue weighted by Crippen LogP contribution is 2.65. The fraction of sp³-hybridized carbons (Fsp3) is 0.750. The van der Waals surface area contributed by atoms with Crippen LogP contribution in [0.1, 0.15) is 102 Å². The molecule has 3 aliphatic carbocycles. The molecule has 1 aromatic rings. The lowest BCUT2D eigenvalue weighted by atomic mass is 9.43. The topological polar surface area (TPSA) is 143 Å². The van der Waals surface area contributed by atoms with Gasteiger partial charge in [0, 0.05) is 11.5 Å². The van der Waals surface area contributed by atoms with Gasteiger partial charge in [-0.15, -0.1) is 0 Å². The lowest BCUT2D eigenvalue weighted by Gasteiger charge is -2.64. The minimum Gasteiger partial charge on any atom is -0.404 e. The van der Waals surface area contributed by atoms with Crippen molar-refractivity contribution in [2.75, 3.05) is 25.9 Å². The molecule has 3 saturated carbocycles. The number of amides is 3. The Morgan fingerprint density at radius 3 is 2.33 bits per heavy atom. The Kier molecular flexibility index (Phi) is 11.6. The van der Waals surface area contributed by atoms with E-state index in [1.54, 1.807) is 12.1 Å². The highest BCUT2D eigenvalue weighted by atomic mass is 32.2. The molecule has 6 atom stereocenters. The van der Waals surface area contributed by atoms with E-state index in [2.05, 4.69) is 57.5 Å². The van der Waals surface area contributed by atoms with E-state index < -0.39 is 64.9 Å². The summed E-state index contributed by atoms with van der Waals surface area (Å²) in [5.74, 6) is -1.66. The first-order chi connectivity index (χ1) is 23.0. The molecule has 1 aromatic carbocycles. The normalized spacial score (nSPS) is 27.5. The van der Waals surface area contributed by atoms with Crippen LogP contribution in [0.2, 0.25) is 0 Å². The Bertz CT molecular complexity index is 1470. The Morgan fingerprint density at radius 2 is 1.73 bits per heavy atom. The summed E-state index contributed by atoms with van der Waals surface area (Å²) < 4.78 is 40.3. The second-order valence-corrected chi connectivity index (χ2v) is 18.0. The number of nitrogens with zero attached hydrogens (tertiary/aromatic N) is 1. The highest BCUT2D eigenvalue weighted by molar-refractivity contribution is 7.88. The van der Waals surface area contributed by atoms with Crippen LogP contribution in [0, 0.1) is 29.1 Å². The van der Waals surface area contributed by atoms with Gasteiger partial charge in [0.2, 0.25) is 21.8 Å². The maximum absolute atomic E-state index is 14.3. The van der Waals surface area contributed by atoms with Crippen LogP contribution in [0.15, 0.2) is 24.3 Å². The Morgan fingerprint density at radius 1 is 1.06 bits per heavy atom. The van der Waals surface area contributed by atoms with Gasteiger partial charge in [-0.05, 0) is 106 Å². The molecule has 0 radical (unpaired) electrons. The van der Waals surface area contributed by atoms with Crippen LogP contribution >= 0.6 is 0 Å². The molecule has 272 valence electrons. The van der Waals surface area contributed by atoms with Gasteiger partial charge in [0.25, 0.3) is 5.91 Å². The monoisotopic (exact) mass is 700 g/mol. The zero-order chi connectivity index (χ0) is 35.7. The molecule has 6 rings (SSSR count). The summed E-state index contributed by atoms with van der Waals surface area (Å²) in [6.07, 6.45) is 7.38. The Hall–Kier alpha value is -2.48. The Balaban J connectivity index is 1.39. The molecule has 0 unspecified atom stereocenters. The maximum Gasteiger partial charge on any atom is 0.481 e. The zero-order valence-electron chi connectivity index (χ0n) is 30.4. The number of piperidine rings is 1. The van der Waals surface area contributed by atoms with E-state index in [1.807, 2.05) is 12.1 Å². The quantitative estimate of drug-likeness (QED) is 0.250. The molecule has 5 aliphatic rings. The lowest BCUT2D eigenvalue weighted by Crippen LogP contribution is -2.65. The minimum absolute atomic E-state index is 0.0834. The van der Waals surface area contributed by atoms with Gasteiger partial charge in [-0.3, -0.25) is 14.4 Å². The van der Waals surface area contributed by atoms with Crippen molar-refractivity contribution >= 4 is 34.9 Å². The number of aryl methyl sites for hydroxylation is 1. The number of unbranched alkanes of at least 4 members (excludes halogenated alkanes) is 1. The first kappa shape index (κ1) is 37.8. The summed E-state index contributed by atoms with van der Waals surface area (Å²) in [5.41, 5.74) is 1.12. The maximum atomic E-state index is 14.3. The van der Waals surface area contributed by atoms with Crippen LogP contribution in [-0.2, 0) is 35.3 Å². The average molecular weight is 701 g/mol. The third-order valence-corrected chi connectivity index (χ3v) is 12.8. The molecule has 0 spiro atoms. The summed E-state index contributed by atoms with van der Waals surface area (Å²) in [5, 5.41) is 9.06. The molecule has 49 heavy (non-hydrogen) atoms. The van der Waals surface area contributed by atoms with Gasteiger partial charge in [0.1, 0.15) is 6.04 Å². The second kappa shape index (κ2) is 15.0. The molecule has 2 saturated heterocycles. The summed E-state index contributed by atoms with van der Waals surface area (Å²) in [6.45, 7) is 13.6. The molecule has 2 heterocycles. The molecule has 3 N–H and O–H groups in total. The van der Waals surface area contributed by atoms with Crippen LogP contribution in [0.25, 0.3) is 0 Å². The number of hydrogen-bond acceptors (Lipinski definition) is 8. The average Bonchev–Trinajstić information content (AvgIpc) is 3.42. The van der Waals surface area contributed by atoms with Gasteiger partial charge in [-0.25, -0.2) is 12.7 Å². The molecular formula is C36H57BN4O7S. The first-order valence-electron chi connectivity index (χ1n) is 18.3. The number of nitrogens with one attached hydrogen (secondary N) is 3. The van der Waals surface area contributed by atoms with Crippen molar-refractivity contribution < 1.29 is 32.1 Å². The summed E-state index contributed by atoms with van der Waals surface area (Å²) in [7, 11) is -4.78. The number of hydrogen-bond donors (Lipinski definition) is 3. The Labute approximate surface area is 293 Å². The molecule has 13 heteroatoms.